The van der Waals surface area contributed by atoms with Crippen molar-refractivity contribution in [2.75, 3.05) is 68.8 Å². The first-order valence-corrected chi connectivity index (χ1v) is 50.2. The number of pyridine rings is 5. The van der Waals surface area contributed by atoms with E-state index in [2.05, 4.69) is 184 Å². The number of rotatable bonds is 5. The molecule has 14 aromatic rings. The Labute approximate surface area is 876 Å². The van der Waals surface area contributed by atoms with Crippen molar-refractivity contribution in [3.05, 3.63) is 363 Å². The molecular weight excluding hydrogens is 1880 g/mol. The normalized spacial score (nSPS) is 12.0. The number of aliphatic imine (C=N–C) groups is 2. The molecule has 0 amide bonds. The Balaban J connectivity index is 0.000000767. The Kier molecular flexibility index (Phi) is 70.2. The maximum absolute atomic E-state index is 12.6. The van der Waals surface area contributed by atoms with Crippen molar-refractivity contribution in [2.24, 2.45) is 24.1 Å². The number of oxazole rings is 1. The van der Waals surface area contributed by atoms with E-state index in [4.69, 9.17) is 34.5 Å². The number of allylic oxidation sites excluding steroid dienone is 6. The second kappa shape index (κ2) is 78.7. The van der Waals surface area contributed by atoms with Crippen molar-refractivity contribution < 1.29 is 36.9 Å². The van der Waals surface area contributed by atoms with Gasteiger partial charge in [-0.1, -0.05) is 71.2 Å². The molecule has 0 atom stereocenters. The molecule has 782 valence electrons. The molecule has 145 heavy (non-hydrogen) atoms. The van der Waals surface area contributed by atoms with Gasteiger partial charge in [-0.05, 0) is 324 Å². The van der Waals surface area contributed by atoms with E-state index in [-0.39, 0.29) is 11.8 Å². The number of halogens is 2. The van der Waals surface area contributed by atoms with Crippen LogP contribution in [0.15, 0.2) is 267 Å². The second-order valence-corrected chi connectivity index (χ2v) is 37.4. The molecule has 30 heteroatoms. The standard InChI is InChI=1S/C8H9FO.C8H7N.C7H10N2O2.2C7H9NO.C7H11N.C7H13N.C7H12.C6H6FN.C6H9NS.C6H7N.C6H10.2C5H8N2.C5H7NS.2C5H7N.C4H5NO.C4H5NS/c1-6-5-7(10-2)3-4-8(6)9;1-3-8-4-7(2)5-9-6-8;1-5-4-8-7(11-3)9-6(5)10-2;1-6-3-4-7(9-2)8-5-6;1-6-4-3-5-8-7(6)9-2;1-5-4-8-7(3)6(5)2;1-7-4-3-5-8(2)6-7;1-7-5-3-2-4-6-7;1-5-3-2-4-8-6(5)7;1-4-5(2)8-6(3)7-4;1-6-4-2-3-5-7-6;1-6-4-2-3-5-6;1-5-3-4-7(2)6-5;1-5-3-4-6-7(5)2;1-4-3-6-5(2)7-4;1-5-2-3-6-4-5;1-5-3-2-4-6-5;2*1-4-5-2-3-6-4/h3-5H,1-2H3;1,4-6H,2H3;4H,1-3H3;2*3-5H,1-2H3;4H2,1-3H3;4H,3,5-6H2,1-2H3;5H,2-4,6H2,1H3;2-4H,1H3;1-3H3;2-5H,1H3;4H,2-3,5H2,1H3;2*3-4H,1-2H3;3H,1-2H3;2,4H,3H2,1H3;2-4,6H,1H3;2*2-3H,1H3. The van der Waals surface area contributed by atoms with E-state index >= 15 is 0 Å². The Bertz CT molecular complexity index is 5820. The highest BCUT2D eigenvalue weighted by molar-refractivity contribution is 7.11. The van der Waals surface area contributed by atoms with Crippen LogP contribution in [0.1, 0.15) is 198 Å². The summed E-state index contributed by atoms with van der Waals surface area (Å²) in [4.78, 5) is 59.2. The number of benzene rings is 1. The van der Waals surface area contributed by atoms with E-state index in [0.717, 1.165) is 68.2 Å². The lowest BCUT2D eigenvalue weighted by molar-refractivity contribution is 0.350. The zero-order valence-electron chi connectivity index (χ0n) is 91.9. The van der Waals surface area contributed by atoms with Gasteiger partial charge in [0.05, 0.1) is 81.2 Å². The van der Waals surface area contributed by atoms with Crippen molar-refractivity contribution in [1.82, 2.24) is 84.3 Å². The first kappa shape index (κ1) is 129. The summed E-state index contributed by atoms with van der Waals surface area (Å²) in [6.07, 6.45) is 51.2. The van der Waals surface area contributed by atoms with E-state index < -0.39 is 0 Å². The minimum absolute atomic E-state index is 0.194. The van der Waals surface area contributed by atoms with Crippen molar-refractivity contribution in [3.63, 3.8) is 0 Å². The van der Waals surface area contributed by atoms with Crippen LogP contribution in [0, 0.1) is 142 Å². The summed E-state index contributed by atoms with van der Waals surface area (Å²) in [5, 5.41) is 13.4. The molecule has 25 nitrogen and oxygen atoms in total. The topological polar surface area (TPSA) is 280 Å². The molecule has 16 heterocycles. The van der Waals surface area contributed by atoms with Crippen molar-refractivity contribution in [2.45, 2.75) is 218 Å². The third-order valence-electron chi connectivity index (χ3n) is 20.2. The number of methoxy groups -OCH3 is 5. The van der Waals surface area contributed by atoms with Gasteiger partial charge in [-0.2, -0.15) is 19.6 Å². The highest BCUT2D eigenvalue weighted by atomic mass is 32.1. The fourth-order valence-electron chi connectivity index (χ4n) is 11.5. The SMILES string of the molecule is C#Cc1cncc(C)c1.CC1=CCCC1.CC1=CCCCC1.CC1=CCCN(C)C1.CC1=CCN=C1.CC1=NCC(C)=C1C.COc1ccc(C)cn1.COc1ccc(F)c(C)c1.COc1ncc(C)c(OC)n1.COc1ncccc1C.Cc1ccc[nH]1.Cc1ccccn1.Cc1cccnc1F.Cc1ccn(C)n1.Cc1ccnn1C.Cc1cnc(C)s1.Cc1nc(C)c(C)s1.Cc1ncco1.Cc1nccs1. The van der Waals surface area contributed by atoms with Gasteiger partial charge in [0.25, 0.3) is 0 Å². The third kappa shape index (κ3) is 66.0. The lowest BCUT2D eigenvalue weighted by Gasteiger charge is -2.20. The molecule has 3 aliphatic heterocycles. The van der Waals surface area contributed by atoms with Crippen LogP contribution in [0.25, 0.3) is 0 Å². The first-order chi connectivity index (χ1) is 69.1. The average molecular weight is 2040 g/mol. The van der Waals surface area contributed by atoms with Crippen LogP contribution in [0.5, 0.6) is 29.4 Å². The van der Waals surface area contributed by atoms with Crippen molar-refractivity contribution >= 4 is 45.9 Å². The number of aryl methyl sites for hydroxylation is 19. The summed E-state index contributed by atoms with van der Waals surface area (Å²) in [5.41, 5.74) is 22.0. The maximum Gasteiger partial charge on any atom is 0.319 e. The summed E-state index contributed by atoms with van der Waals surface area (Å²) in [5.74, 6) is 5.27. The van der Waals surface area contributed by atoms with Crippen LogP contribution in [0.2, 0.25) is 0 Å². The number of hydrogen-bond acceptors (Lipinski definition) is 25. The van der Waals surface area contributed by atoms with E-state index in [1.807, 2.05) is 205 Å². The van der Waals surface area contributed by atoms with E-state index in [1.54, 1.807) is 185 Å². The Morgan fingerprint density at radius 2 is 1.20 bits per heavy atom. The summed E-state index contributed by atoms with van der Waals surface area (Å²) in [6.45, 7) is 52.4. The molecule has 0 unspecified atom stereocenters. The smallest absolute Gasteiger partial charge is 0.319 e. The summed E-state index contributed by atoms with van der Waals surface area (Å²) < 4.78 is 57.6. The number of likely N-dealkylation sites (N-methyl/N-ethyl adjacent to an activating group) is 1. The predicted molar refractivity (Wildman–Crippen MR) is 600 cm³/mol. The lowest BCUT2D eigenvalue weighted by Crippen LogP contribution is -2.24. The molecule has 0 saturated heterocycles. The summed E-state index contributed by atoms with van der Waals surface area (Å²) in [7, 11) is 13.9. The average Bonchev–Trinajstić information content (AvgIpc) is 1.85. The minimum Gasteiger partial charge on any atom is -0.497 e. The summed E-state index contributed by atoms with van der Waals surface area (Å²) in [6, 6.07) is 31.8. The fraction of sp³-hybridized carbons (Fsp3) is 0.383. The van der Waals surface area contributed by atoms with Gasteiger partial charge >= 0.3 is 6.01 Å². The molecule has 2 aliphatic carbocycles. The van der Waals surface area contributed by atoms with Gasteiger partial charge in [-0.15, -0.1) is 40.4 Å². The zero-order valence-corrected chi connectivity index (χ0v) is 94.4. The van der Waals surface area contributed by atoms with E-state index in [9.17, 15) is 8.78 Å². The van der Waals surface area contributed by atoms with Gasteiger partial charge in [0.15, 0.2) is 5.89 Å². The van der Waals surface area contributed by atoms with Gasteiger partial charge in [0, 0.05) is 181 Å². The molecule has 1 aromatic carbocycles. The zero-order chi connectivity index (χ0) is 108. The molecule has 0 bridgehead atoms. The highest BCUT2D eigenvalue weighted by Gasteiger charge is 2.08. The van der Waals surface area contributed by atoms with Crippen molar-refractivity contribution in [1.29, 1.82) is 0 Å². The van der Waals surface area contributed by atoms with Gasteiger partial charge in [-0.25, -0.2) is 39.3 Å². The number of aromatic nitrogens is 16. The quantitative estimate of drug-likeness (QED) is 0.0952. The van der Waals surface area contributed by atoms with Crippen molar-refractivity contribution in [3.8, 4) is 41.7 Å². The number of terminal acetylenes is 1. The van der Waals surface area contributed by atoms with Crippen LogP contribution in [0.4, 0.5) is 8.78 Å². The lowest BCUT2D eigenvalue weighted by atomic mass is 10.0. The molecule has 0 radical (unpaired) electrons. The van der Waals surface area contributed by atoms with Gasteiger partial charge in [0.2, 0.25) is 23.6 Å². The maximum atomic E-state index is 12.6. The molecule has 0 fully saturated rings. The second-order valence-electron chi connectivity index (χ2n) is 33.5. The molecule has 5 aliphatic rings. The number of nitrogens with one attached hydrogen (secondary N) is 1. The predicted octanol–water partition coefficient (Wildman–Crippen LogP) is 27.8. The van der Waals surface area contributed by atoms with E-state index in [0.29, 0.717) is 40.5 Å². The minimum atomic E-state index is -0.382. The van der Waals surface area contributed by atoms with Gasteiger partial charge in [-0.3, -0.25) is 34.3 Å². The number of thiazole rings is 3. The number of aromatic amines is 1. The Morgan fingerprint density at radius 1 is 0.510 bits per heavy atom. The highest BCUT2D eigenvalue weighted by Crippen LogP contribution is 2.21. The monoisotopic (exact) mass is 2040 g/mol. The largest absolute Gasteiger partial charge is 0.497 e. The Morgan fingerprint density at radius 3 is 1.49 bits per heavy atom. The van der Waals surface area contributed by atoms with Crippen LogP contribution in [0.3, 0.4) is 0 Å². The van der Waals surface area contributed by atoms with Crippen LogP contribution < -0.4 is 23.7 Å². The molecular formula is C115H159F2N19O6S3. The Hall–Kier alpha value is -13.7. The number of ether oxygens (including phenoxy) is 5. The first-order valence-electron chi connectivity index (χ1n) is 47.7. The van der Waals surface area contributed by atoms with E-state index in [1.165, 1.54) is 144 Å². The van der Waals surface area contributed by atoms with Crippen LogP contribution >= 0.6 is 34.0 Å². The molecule has 13 aromatic heterocycles. The summed E-state index contributed by atoms with van der Waals surface area (Å²) >= 11 is 5.16. The third-order valence-corrected chi connectivity index (χ3v) is 22.7. The number of hydrogen-bond donors (Lipinski definition) is 1. The number of nitrogens with zero attached hydrogens (tertiary/aromatic N) is 18. The molecule has 19 rings (SSSR count). The van der Waals surface area contributed by atoms with Gasteiger partial charge < -0.3 is 38.0 Å². The van der Waals surface area contributed by atoms with Crippen LogP contribution in [-0.2, 0) is 14.1 Å². The molecule has 0 saturated carbocycles. The van der Waals surface area contributed by atoms with Crippen LogP contribution in [-0.4, -0.2) is 165 Å². The fourth-order valence-corrected chi connectivity index (χ4v) is 13.4. The van der Waals surface area contributed by atoms with Gasteiger partial charge in [0.1, 0.15) is 17.8 Å². The number of H-pyrrole nitrogens is 1. The molecule has 0 spiro atoms. The molecule has 1 N–H and O–H groups in total.